The molecule has 1 N–H and O–H groups in total. The van der Waals surface area contributed by atoms with Gasteiger partial charge in [0.2, 0.25) is 5.91 Å². The van der Waals surface area contributed by atoms with Gasteiger partial charge >= 0.3 is 0 Å². The molecule has 0 aromatic heterocycles. The minimum atomic E-state index is -0.751. The third-order valence-corrected chi connectivity index (χ3v) is 7.14. The summed E-state index contributed by atoms with van der Waals surface area (Å²) in [6.07, 6.45) is 0.384. The molecule has 36 heavy (non-hydrogen) atoms. The van der Waals surface area contributed by atoms with Gasteiger partial charge < -0.3 is 5.32 Å². The number of nitrogens with one attached hydrogen (secondary N) is 1. The molecule has 5 rings (SSSR count). The van der Waals surface area contributed by atoms with E-state index in [0.717, 1.165) is 34.2 Å². The predicted octanol–water partition coefficient (Wildman–Crippen LogP) is 5.45. The van der Waals surface area contributed by atoms with Gasteiger partial charge in [-0.25, -0.2) is 13.8 Å². The number of aryl methyl sites for hydroxylation is 1. The summed E-state index contributed by atoms with van der Waals surface area (Å²) in [5.74, 6) is -1.82. The lowest BCUT2D eigenvalue weighted by Crippen LogP contribution is -2.25. The van der Waals surface area contributed by atoms with Crippen molar-refractivity contribution in [3.8, 4) is 0 Å². The van der Waals surface area contributed by atoms with E-state index in [4.69, 9.17) is 5.10 Å². The highest BCUT2D eigenvalue weighted by molar-refractivity contribution is 8.15. The zero-order chi connectivity index (χ0) is 25.2. The first kappa shape index (κ1) is 23.9. The first-order valence-electron chi connectivity index (χ1n) is 11.4. The summed E-state index contributed by atoms with van der Waals surface area (Å²) in [4.78, 5) is 29.4. The molecular weight excluding hydrogens is 482 g/mol. The Morgan fingerprint density at radius 1 is 1.06 bits per heavy atom. The van der Waals surface area contributed by atoms with Crippen LogP contribution in [0.15, 0.2) is 82.9 Å². The number of halogens is 2. The number of amides is 2. The summed E-state index contributed by atoms with van der Waals surface area (Å²) in [6.45, 7) is 2.01. The number of amidine groups is 1. The van der Waals surface area contributed by atoms with Crippen molar-refractivity contribution in [3.05, 3.63) is 101 Å². The smallest absolute Gasteiger partial charge is 0.262 e. The minimum Gasteiger partial charge on any atom is -0.324 e. The van der Waals surface area contributed by atoms with Crippen molar-refractivity contribution in [3.63, 3.8) is 0 Å². The second-order valence-electron chi connectivity index (χ2n) is 8.60. The summed E-state index contributed by atoms with van der Waals surface area (Å²) in [5, 5.41) is 8.59. The van der Waals surface area contributed by atoms with Gasteiger partial charge in [0.25, 0.3) is 5.91 Å². The third kappa shape index (κ3) is 5.06. The number of para-hydroxylation sites is 1. The lowest BCUT2D eigenvalue weighted by atomic mass is 9.98. The fourth-order valence-corrected chi connectivity index (χ4v) is 5.15. The molecule has 2 amide bonds. The quantitative estimate of drug-likeness (QED) is 0.501. The van der Waals surface area contributed by atoms with E-state index in [-0.39, 0.29) is 24.0 Å². The van der Waals surface area contributed by atoms with E-state index in [1.807, 2.05) is 31.2 Å². The molecule has 3 aromatic carbocycles. The van der Waals surface area contributed by atoms with E-state index < -0.39 is 22.9 Å². The Balaban J connectivity index is 1.36. The van der Waals surface area contributed by atoms with Gasteiger partial charge in [-0.2, -0.15) is 10.1 Å². The molecule has 9 heteroatoms. The van der Waals surface area contributed by atoms with E-state index in [1.165, 1.54) is 30.3 Å². The van der Waals surface area contributed by atoms with Crippen LogP contribution in [0.4, 0.5) is 14.5 Å². The normalized spacial score (nSPS) is 19.3. The van der Waals surface area contributed by atoms with Crippen LogP contribution in [0.3, 0.4) is 0 Å². The molecular formula is C27H22F2N4O2S. The zero-order valence-corrected chi connectivity index (χ0v) is 20.1. The van der Waals surface area contributed by atoms with Gasteiger partial charge in [-0.1, -0.05) is 65.9 Å². The number of rotatable bonds is 5. The van der Waals surface area contributed by atoms with Gasteiger partial charge in [-0.05, 0) is 42.3 Å². The van der Waals surface area contributed by atoms with E-state index in [1.54, 1.807) is 23.2 Å². The molecule has 182 valence electrons. The number of hydrogen-bond acceptors (Lipinski definition) is 5. The number of anilines is 1. The molecule has 2 heterocycles. The highest BCUT2D eigenvalue weighted by Gasteiger charge is 2.39. The molecule has 3 aromatic rings. The summed E-state index contributed by atoms with van der Waals surface area (Å²) in [7, 11) is 0. The van der Waals surface area contributed by atoms with E-state index in [9.17, 15) is 18.4 Å². The van der Waals surface area contributed by atoms with Crippen LogP contribution in [0, 0.1) is 18.6 Å². The van der Waals surface area contributed by atoms with Crippen molar-refractivity contribution < 1.29 is 18.4 Å². The number of nitrogens with zero attached hydrogens (tertiary/aromatic N) is 3. The van der Waals surface area contributed by atoms with Crippen LogP contribution in [0.2, 0.25) is 0 Å². The SMILES string of the molecule is Cc1ccc(C2=NN(C3=NC(=O)[C@H](CC(=O)Nc4ccccc4F)S3)[C@@H](c3ccc(F)cc3)C2)cc1. The third-order valence-electron chi connectivity index (χ3n) is 5.99. The van der Waals surface area contributed by atoms with Gasteiger partial charge in [0.15, 0.2) is 5.17 Å². The summed E-state index contributed by atoms with van der Waals surface area (Å²) in [6, 6.07) is 19.7. The number of carbonyl (C=O) groups is 2. The fraction of sp³-hybridized carbons (Fsp3) is 0.185. The highest BCUT2D eigenvalue weighted by Crippen LogP contribution is 2.38. The van der Waals surface area contributed by atoms with Crippen LogP contribution in [0.5, 0.6) is 0 Å². The number of benzene rings is 3. The molecule has 2 aliphatic heterocycles. The molecule has 0 saturated carbocycles. The zero-order valence-electron chi connectivity index (χ0n) is 19.3. The average molecular weight is 505 g/mol. The second kappa shape index (κ2) is 10.0. The fourth-order valence-electron chi connectivity index (χ4n) is 4.09. The topological polar surface area (TPSA) is 74.1 Å². The molecule has 0 bridgehead atoms. The van der Waals surface area contributed by atoms with Gasteiger partial charge in [0.05, 0.1) is 17.4 Å². The molecule has 0 fully saturated rings. The van der Waals surface area contributed by atoms with Crippen LogP contribution >= 0.6 is 11.8 Å². The average Bonchev–Trinajstić information content (AvgIpc) is 3.45. The van der Waals surface area contributed by atoms with E-state index in [0.29, 0.717) is 11.6 Å². The predicted molar refractivity (Wildman–Crippen MR) is 137 cm³/mol. The number of aliphatic imine (C=N–C) groups is 1. The minimum absolute atomic E-state index is 0.0577. The first-order chi connectivity index (χ1) is 17.4. The van der Waals surface area contributed by atoms with E-state index >= 15 is 0 Å². The molecule has 0 unspecified atom stereocenters. The van der Waals surface area contributed by atoms with Gasteiger partial charge in [-0.15, -0.1) is 0 Å². The lowest BCUT2D eigenvalue weighted by Gasteiger charge is -2.23. The van der Waals surface area contributed by atoms with Crippen LogP contribution in [0.25, 0.3) is 0 Å². The standard InChI is InChI=1S/C27H22F2N4O2S/c1-16-6-8-17(9-7-16)22-14-23(18-10-12-19(28)13-11-18)33(32-22)27-31-26(35)24(36-27)15-25(34)30-21-5-3-2-4-20(21)29/h2-13,23-24H,14-15H2,1H3,(H,30,34)/t23-,24+/m1/s1. The number of carbonyl (C=O) groups excluding carboxylic acids is 2. The van der Waals surface area contributed by atoms with Crippen molar-refractivity contribution in [1.82, 2.24) is 5.01 Å². The van der Waals surface area contributed by atoms with Crippen molar-refractivity contribution >= 4 is 40.1 Å². The molecule has 0 saturated heterocycles. The first-order valence-corrected chi connectivity index (χ1v) is 12.3. The van der Waals surface area contributed by atoms with Gasteiger partial charge in [-0.3, -0.25) is 9.59 Å². The van der Waals surface area contributed by atoms with Crippen LogP contribution in [0.1, 0.15) is 35.6 Å². The maximum atomic E-state index is 13.9. The molecule has 2 atom stereocenters. The van der Waals surface area contributed by atoms with Crippen LogP contribution in [-0.4, -0.2) is 33.0 Å². The van der Waals surface area contributed by atoms with Gasteiger partial charge in [0.1, 0.15) is 16.9 Å². The monoisotopic (exact) mass is 504 g/mol. The van der Waals surface area contributed by atoms with Crippen molar-refractivity contribution in [1.29, 1.82) is 0 Å². The van der Waals surface area contributed by atoms with Crippen LogP contribution in [-0.2, 0) is 9.59 Å². The molecule has 0 radical (unpaired) electrons. The largest absolute Gasteiger partial charge is 0.324 e. The molecule has 0 spiro atoms. The van der Waals surface area contributed by atoms with Gasteiger partial charge in [0, 0.05) is 12.8 Å². The number of thioether (sulfide) groups is 1. The maximum absolute atomic E-state index is 13.9. The second-order valence-corrected chi connectivity index (χ2v) is 9.77. The van der Waals surface area contributed by atoms with Crippen molar-refractivity contribution in [2.24, 2.45) is 10.1 Å². The summed E-state index contributed by atoms with van der Waals surface area (Å²) < 4.78 is 27.5. The number of hydrogen-bond donors (Lipinski definition) is 1. The molecule has 2 aliphatic rings. The highest BCUT2D eigenvalue weighted by atomic mass is 32.2. The maximum Gasteiger partial charge on any atom is 0.262 e. The summed E-state index contributed by atoms with van der Waals surface area (Å²) in [5.41, 5.74) is 3.79. The Morgan fingerprint density at radius 3 is 2.50 bits per heavy atom. The Bertz CT molecular complexity index is 1370. The lowest BCUT2D eigenvalue weighted by molar-refractivity contribution is -0.121. The Labute approximate surface area is 211 Å². The van der Waals surface area contributed by atoms with Crippen molar-refractivity contribution in [2.45, 2.75) is 31.1 Å². The summed E-state index contributed by atoms with van der Waals surface area (Å²) >= 11 is 1.15. The number of hydrazone groups is 1. The Morgan fingerprint density at radius 2 is 1.78 bits per heavy atom. The Hall–Kier alpha value is -3.85. The van der Waals surface area contributed by atoms with Crippen LogP contribution < -0.4 is 5.32 Å². The molecule has 6 nitrogen and oxygen atoms in total. The van der Waals surface area contributed by atoms with E-state index in [2.05, 4.69) is 10.3 Å². The Kier molecular flexibility index (Phi) is 6.65. The van der Waals surface area contributed by atoms with Crippen molar-refractivity contribution in [2.75, 3.05) is 5.32 Å². The molecule has 0 aliphatic carbocycles.